The van der Waals surface area contributed by atoms with Crippen LogP contribution < -0.4 is 0 Å². The fourth-order valence-corrected chi connectivity index (χ4v) is 0. The number of hydrogen-bond acceptors (Lipinski definition) is 0. The van der Waals surface area contributed by atoms with Crippen molar-refractivity contribution in [1.29, 1.82) is 0 Å². The molecule has 0 bridgehead atoms. The molecule has 0 rings (SSSR count). The van der Waals surface area contributed by atoms with Crippen LogP contribution in [0.25, 0.3) is 0 Å². The molecular weight excluding hydrogens is 154 g/mol. The smallest absolute Gasteiger partial charge is 0.0664 e. The van der Waals surface area contributed by atoms with Gasteiger partial charge in [-0.05, 0) is 0 Å². The minimum Gasteiger partial charge on any atom is -0.0664 e. The van der Waals surface area contributed by atoms with Gasteiger partial charge in [0.2, 0.25) is 0 Å². The summed E-state index contributed by atoms with van der Waals surface area (Å²) in [7, 11) is 0. The van der Waals surface area contributed by atoms with E-state index >= 15 is 0 Å². The first kappa shape index (κ1) is 6.16. The second-order valence-corrected chi connectivity index (χ2v) is 3.86. The summed E-state index contributed by atoms with van der Waals surface area (Å²) >= 11 is 19.3. The van der Waals surface area contributed by atoms with E-state index in [9.17, 15) is 0 Å². The average molecular weight is 156 g/mol. The Labute approximate surface area is 51.4 Å². The van der Waals surface area contributed by atoms with Crippen molar-refractivity contribution in [3.8, 4) is 0 Å². The summed E-state index contributed by atoms with van der Waals surface area (Å²) in [6.07, 6.45) is 0. The van der Waals surface area contributed by atoms with Crippen LogP contribution in [0.5, 0.6) is 0 Å². The maximum absolute atomic E-state index is 4.83. The van der Waals surface area contributed by atoms with E-state index in [2.05, 4.69) is 0 Å². The van der Waals surface area contributed by atoms with Crippen LogP contribution in [-0.4, -0.2) is 3.25 Å². The minimum atomic E-state index is -1.61. The fraction of sp³-hybridized carbons (Fsp3) is 1.00. The van der Waals surface area contributed by atoms with Crippen molar-refractivity contribution in [1.82, 2.24) is 0 Å². The van der Waals surface area contributed by atoms with E-state index in [0.29, 0.717) is 0 Å². The Morgan fingerprint density at radius 1 is 1.00 bits per heavy atom. The molecule has 0 saturated carbocycles. The molecule has 0 aromatic carbocycles. The summed E-state index contributed by atoms with van der Waals surface area (Å²) in [5.74, 6) is 0. The van der Waals surface area contributed by atoms with Gasteiger partial charge in [-0.2, -0.15) is 0 Å². The summed E-state index contributed by atoms with van der Waals surface area (Å²) in [6, 6.07) is 0. The largest absolute Gasteiger partial charge is 0.266 e. The zero-order valence-corrected chi connectivity index (χ0v) is 5.04. The lowest BCUT2D eigenvalue weighted by atomic mass is 11.8. The average Bonchev–Trinajstić information content (AvgIpc) is 0.722. The van der Waals surface area contributed by atoms with Crippen LogP contribution in [0.3, 0.4) is 0 Å². The number of alkyl halides is 4. The normalized spacial score (nSPS) is 12.0. The minimum absolute atomic E-state index is 0. The standard InChI is InChI=1S/CCl4.H2/c2-1(3,4)5;/h;1H. The van der Waals surface area contributed by atoms with E-state index in [1.165, 1.54) is 0 Å². The predicted molar refractivity (Wildman–Crippen MR) is 28.3 cm³/mol. The van der Waals surface area contributed by atoms with Gasteiger partial charge in [0.25, 0.3) is 3.25 Å². The van der Waals surface area contributed by atoms with Crippen molar-refractivity contribution in [2.75, 3.05) is 0 Å². The summed E-state index contributed by atoms with van der Waals surface area (Å²) in [5, 5.41) is 0. The van der Waals surface area contributed by atoms with Gasteiger partial charge < -0.3 is 0 Å². The maximum Gasteiger partial charge on any atom is 0.266 e. The Kier molecular flexibility index (Phi) is 2.15. The van der Waals surface area contributed by atoms with Crippen LogP contribution in [0.2, 0.25) is 0 Å². The molecule has 0 aromatic rings. The van der Waals surface area contributed by atoms with Crippen molar-refractivity contribution in [2.45, 2.75) is 3.25 Å². The molecule has 0 radical (unpaired) electrons. The Bertz CT molecular complexity index is 23.0. The van der Waals surface area contributed by atoms with Gasteiger partial charge in [0.1, 0.15) is 0 Å². The topological polar surface area (TPSA) is 0 Å². The monoisotopic (exact) mass is 154 g/mol. The van der Waals surface area contributed by atoms with Gasteiger partial charge in [-0.3, -0.25) is 0 Å². The third-order valence-corrected chi connectivity index (χ3v) is 0. The van der Waals surface area contributed by atoms with Crippen LogP contribution in [-0.2, 0) is 0 Å². The summed E-state index contributed by atoms with van der Waals surface area (Å²) in [4.78, 5) is 0. The van der Waals surface area contributed by atoms with Crippen molar-refractivity contribution >= 4 is 46.4 Å². The second-order valence-electron chi connectivity index (χ2n) is 0.429. The molecule has 5 heavy (non-hydrogen) atoms. The van der Waals surface area contributed by atoms with Gasteiger partial charge in [-0.15, -0.1) is 0 Å². The fourth-order valence-electron chi connectivity index (χ4n) is 0. The number of halogens is 4. The van der Waals surface area contributed by atoms with E-state index < -0.39 is 3.25 Å². The highest BCUT2D eigenvalue weighted by Crippen LogP contribution is 2.29. The van der Waals surface area contributed by atoms with Crippen LogP contribution >= 0.6 is 46.4 Å². The molecule has 0 nitrogen and oxygen atoms in total. The molecule has 0 aliphatic heterocycles. The molecule has 0 N–H and O–H groups in total. The van der Waals surface area contributed by atoms with Gasteiger partial charge in [-0.25, -0.2) is 0 Å². The Morgan fingerprint density at radius 2 is 1.00 bits per heavy atom. The first-order valence-electron chi connectivity index (χ1n) is 0.756. The van der Waals surface area contributed by atoms with E-state index in [1.54, 1.807) is 0 Å². The molecule has 0 unspecified atom stereocenters. The van der Waals surface area contributed by atoms with Crippen molar-refractivity contribution < 1.29 is 1.43 Å². The van der Waals surface area contributed by atoms with Gasteiger partial charge in [0, 0.05) is 1.43 Å². The number of rotatable bonds is 0. The second kappa shape index (κ2) is 1.74. The first-order valence-corrected chi connectivity index (χ1v) is 2.27. The molecule has 34 valence electrons. The lowest BCUT2D eigenvalue weighted by Crippen LogP contribution is -1.81. The van der Waals surface area contributed by atoms with E-state index in [-0.39, 0.29) is 1.43 Å². The van der Waals surface area contributed by atoms with E-state index in [0.717, 1.165) is 0 Å². The molecular formula is CH2Cl4. The SMILES string of the molecule is ClC(Cl)(Cl)Cl.[HH]. The molecule has 0 aliphatic rings. The lowest BCUT2D eigenvalue weighted by Gasteiger charge is -1.91. The van der Waals surface area contributed by atoms with Crippen molar-refractivity contribution in [2.24, 2.45) is 0 Å². The zero-order chi connectivity index (χ0) is 4.50. The third kappa shape index (κ3) is 38.3. The van der Waals surface area contributed by atoms with Gasteiger partial charge >= 0.3 is 0 Å². The molecule has 0 aliphatic carbocycles. The lowest BCUT2D eigenvalue weighted by molar-refractivity contribution is 1.76. The van der Waals surface area contributed by atoms with Crippen molar-refractivity contribution in [3.63, 3.8) is 0 Å². The molecule has 0 fully saturated rings. The van der Waals surface area contributed by atoms with Crippen molar-refractivity contribution in [3.05, 3.63) is 0 Å². The highest BCUT2D eigenvalue weighted by molar-refractivity contribution is 6.83. The molecule has 0 saturated heterocycles. The number of hydrogen-bond donors (Lipinski definition) is 0. The Hall–Kier alpha value is 1.16. The van der Waals surface area contributed by atoms with Crippen LogP contribution in [0, 0.1) is 0 Å². The molecule has 0 spiro atoms. The van der Waals surface area contributed by atoms with Crippen LogP contribution in [0.1, 0.15) is 1.43 Å². The Morgan fingerprint density at radius 3 is 1.00 bits per heavy atom. The zero-order valence-electron chi connectivity index (χ0n) is 2.01. The summed E-state index contributed by atoms with van der Waals surface area (Å²) < 4.78 is -1.61. The quantitative estimate of drug-likeness (QED) is 0.473. The highest BCUT2D eigenvalue weighted by Gasteiger charge is 2.11. The molecule has 0 aromatic heterocycles. The van der Waals surface area contributed by atoms with Crippen LogP contribution in [0.4, 0.5) is 0 Å². The third-order valence-electron chi connectivity index (χ3n) is 0. The van der Waals surface area contributed by atoms with Gasteiger partial charge in [-0.1, -0.05) is 46.4 Å². The predicted octanol–water partition coefficient (Wildman–Crippen LogP) is 2.80. The van der Waals surface area contributed by atoms with Gasteiger partial charge in [0.15, 0.2) is 0 Å². The van der Waals surface area contributed by atoms with Gasteiger partial charge in [0.05, 0.1) is 0 Å². The maximum atomic E-state index is 4.83. The Balaban J connectivity index is 0. The summed E-state index contributed by atoms with van der Waals surface area (Å²) in [5.41, 5.74) is 0. The van der Waals surface area contributed by atoms with E-state index in [1.807, 2.05) is 0 Å². The molecule has 4 heteroatoms. The molecule has 0 amide bonds. The molecule has 0 atom stereocenters. The summed E-state index contributed by atoms with van der Waals surface area (Å²) in [6.45, 7) is 0. The highest BCUT2D eigenvalue weighted by atomic mass is 35.6. The van der Waals surface area contributed by atoms with E-state index in [4.69, 9.17) is 46.4 Å². The first-order chi connectivity index (χ1) is 2.00. The molecule has 0 heterocycles. The van der Waals surface area contributed by atoms with Crippen LogP contribution in [0.15, 0.2) is 0 Å².